The van der Waals surface area contributed by atoms with Crippen LogP contribution in [0.15, 0.2) is 24.3 Å². The molecule has 0 aliphatic rings. The summed E-state index contributed by atoms with van der Waals surface area (Å²) in [5.41, 5.74) is -0.0121. The van der Waals surface area contributed by atoms with Crippen molar-refractivity contribution >= 4 is 11.7 Å². The zero-order chi connectivity index (χ0) is 15.5. The average Bonchev–Trinajstić information content (AvgIpc) is 2.47. The molecule has 0 aliphatic heterocycles. The lowest BCUT2D eigenvalue weighted by Crippen LogP contribution is -2.07. The van der Waals surface area contributed by atoms with E-state index in [0.29, 0.717) is 12.2 Å². The second-order valence-corrected chi connectivity index (χ2v) is 5.10. The smallest absolute Gasteiger partial charge is 0.311 e. The fraction of sp³-hybridized carbons (Fsp3) is 0.562. The Morgan fingerprint density at radius 3 is 2.19 bits per heavy atom. The van der Waals surface area contributed by atoms with E-state index in [1.807, 2.05) is 0 Å². The van der Waals surface area contributed by atoms with Crippen LogP contribution < -0.4 is 4.74 Å². The molecule has 0 amide bonds. The van der Waals surface area contributed by atoms with Gasteiger partial charge in [-0.15, -0.1) is 0 Å². The maximum atomic E-state index is 11.6. The number of hydrogen-bond acceptors (Lipinski definition) is 4. The number of unbranched alkanes of at least 4 members (excludes halogenated alkanes) is 6. The van der Waals surface area contributed by atoms with E-state index in [1.54, 1.807) is 0 Å². The first-order valence-corrected chi connectivity index (χ1v) is 7.58. The van der Waals surface area contributed by atoms with Crippen molar-refractivity contribution in [1.29, 1.82) is 0 Å². The summed E-state index contributed by atoms with van der Waals surface area (Å²) < 4.78 is 5.13. The van der Waals surface area contributed by atoms with Gasteiger partial charge in [0.25, 0.3) is 5.69 Å². The third-order valence-corrected chi connectivity index (χ3v) is 3.26. The number of benzene rings is 1. The highest BCUT2D eigenvalue weighted by molar-refractivity contribution is 5.72. The highest BCUT2D eigenvalue weighted by Crippen LogP contribution is 2.18. The molecule has 0 fully saturated rings. The third-order valence-electron chi connectivity index (χ3n) is 3.26. The zero-order valence-corrected chi connectivity index (χ0v) is 12.5. The Kier molecular flexibility index (Phi) is 8.09. The van der Waals surface area contributed by atoms with Crippen LogP contribution in [-0.2, 0) is 4.79 Å². The van der Waals surface area contributed by atoms with Gasteiger partial charge in [-0.05, 0) is 18.6 Å². The van der Waals surface area contributed by atoms with Gasteiger partial charge >= 0.3 is 5.97 Å². The van der Waals surface area contributed by atoms with Gasteiger partial charge in [-0.2, -0.15) is 0 Å². The first kappa shape index (κ1) is 17.1. The molecule has 0 saturated carbocycles. The Balaban J connectivity index is 2.17. The van der Waals surface area contributed by atoms with Crippen molar-refractivity contribution in [2.45, 2.75) is 58.3 Å². The molecule has 0 aliphatic carbocycles. The Labute approximate surface area is 125 Å². The molecule has 0 saturated heterocycles. The number of esters is 1. The van der Waals surface area contributed by atoms with Gasteiger partial charge in [0.05, 0.1) is 4.92 Å². The molecule has 0 N–H and O–H groups in total. The number of nitro groups is 1. The number of hydrogen-bond donors (Lipinski definition) is 0. The van der Waals surface area contributed by atoms with Crippen LogP contribution >= 0.6 is 0 Å². The van der Waals surface area contributed by atoms with Crippen LogP contribution in [0.2, 0.25) is 0 Å². The number of carbonyl (C=O) groups excluding carboxylic acids is 1. The molecule has 0 unspecified atom stereocenters. The molecule has 0 bridgehead atoms. The molecular weight excluding hydrogens is 270 g/mol. The maximum absolute atomic E-state index is 11.6. The molecule has 0 radical (unpaired) electrons. The predicted molar refractivity (Wildman–Crippen MR) is 81.3 cm³/mol. The first-order valence-electron chi connectivity index (χ1n) is 7.58. The van der Waals surface area contributed by atoms with Crippen molar-refractivity contribution < 1.29 is 14.5 Å². The summed E-state index contributed by atoms with van der Waals surface area (Å²) in [5.74, 6) is 0.0750. The summed E-state index contributed by atoms with van der Waals surface area (Å²) in [6.45, 7) is 2.19. The van der Waals surface area contributed by atoms with Crippen LogP contribution in [0.3, 0.4) is 0 Å². The molecule has 5 heteroatoms. The summed E-state index contributed by atoms with van der Waals surface area (Å²) in [6.07, 6.45) is 8.44. The Hall–Kier alpha value is -1.91. The molecule has 116 valence electrons. The van der Waals surface area contributed by atoms with Crippen LogP contribution in [0.25, 0.3) is 0 Å². The molecule has 0 atom stereocenters. The highest BCUT2D eigenvalue weighted by atomic mass is 16.6. The van der Waals surface area contributed by atoms with E-state index >= 15 is 0 Å². The lowest BCUT2D eigenvalue weighted by molar-refractivity contribution is -0.384. The minimum absolute atomic E-state index is 0.0121. The van der Waals surface area contributed by atoms with E-state index in [9.17, 15) is 14.9 Å². The molecule has 21 heavy (non-hydrogen) atoms. The van der Waals surface area contributed by atoms with Crippen molar-refractivity contribution in [3.8, 4) is 5.75 Å². The number of carbonyl (C=O) groups is 1. The van der Waals surface area contributed by atoms with Crippen LogP contribution in [-0.4, -0.2) is 10.9 Å². The van der Waals surface area contributed by atoms with E-state index < -0.39 is 4.92 Å². The molecule has 1 aromatic carbocycles. The maximum Gasteiger partial charge on any atom is 0.311 e. The summed E-state index contributed by atoms with van der Waals surface area (Å²) in [6, 6.07) is 5.55. The fourth-order valence-corrected chi connectivity index (χ4v) is 2.04. The van der Waals surface area contributed by atoms with Gasteiger partial charge in [0.15, 0.2) is 0 Å². The van der Waals surface area contributed by atoms with Crippen molar-refractivity contribution in [1.82, 2.24) is 0 Å². The third kappa shape index (κ3) is 7.44. The quantitative estimate of drug-likeness (QED) is 0.207. The molecule has 0 aromatic heterocycles. The second kappa shape index (κ2) is 9.91. The number of non-ortho nitro benzene ring substituents is 1. The number of nitro benzene ring substituents is 1. The van der Waals surface area contributed by atoms with Crippen LogP contribution in [0.4, 0.5) is 5.69 Å². The summed E-state index contributed by atoms with van der Waals surface area (Å²) in [7, 11) is 0. The average molecular weight is 293 g/mol. The number of nitrogens with zero attached hydrogens (tertiary/aromatic N) is 1. The first-order chi connectivity index (χ1) is 10.1. The van der Waals surface area contributed by atoms with Crippen molar-refractivity contribution in [3.63, 3.8) is 0 Å². The minimum atomic E-state index is -0.482. The van der Waals surface area contributed by atoms with Crippen LogP contribution in [0.1, 0.15) is 58.3 Å². The second-order valence-electron chi connectivity index (χ2n) is 5.10. The predicted octanol–water partition coefficient (Wildman–Crippen LogP) is 4.64. The molecule has 1 aromatic rings. The molecule has 1 rings (SSSR count). The highest BCUT2D eigenvalue weighted by Gasteiger charge is 2.08. The van der Waals surface area contributed by atoms with Gasteiger partial charge in [-0.3, -0.25) is 14.9 Å². The zero-order valence-electron chi connectivity index (χ0n) is 12.5. The van der Waals surface area contributed by atoms with Crippen LogP contribution in [0, 0.1) is 10.1 Å². The topological polar surface area (TPSA) is 69.4 Å². The fourth-order valence-electron chi connectivity index (χ4n) is 2.04. The molecule has 0 heterocycles. The summed E-state index contributed by atoms with van der Waals surface area (Å²) >= 11 is 0. The van der Waals surface area contributed by atoms with Crippen molar-refractivity contribution in [3.05, 3.63) is 34.4 Å². The minimum Gasteiger partial charge on any atom is -0.427 e. The molecule has 5 nitrogen and oxygen atoms in total. The lowest BCUT2D eigenvalue weighted by atomic mass is 10.1. The van der Waals surface area contributed by atoms with E-state index in [2.05, 4.69) is 6.92 Å². The van der Waals surface area contributed by atoms with Gasteiger partial charge in [0.1, 0.15) is 5.75 Å². The Bertz CT molecular complexity index is 442. The van der Waals surface area contributed by atoms with E-state index in [1.165, 1.54) is 49.9 Å². The van der Waals surface area contributed by atoms with Gasteiger partial charge in [0.2, 0.25) is 0 Å². The van der Waals surface area contributed by atoms with Crippen molar-refractivity contribution in [2.24, 2.45) is 0 Å². The largest absolute Gasteiger partial charge is 0.427 e. The molecule has 0 spiro atoms. The Morgan fingerprint density at radius 2 is 1.62 bits per heavy atom. The summed E-state index contributed by atoms with van der Waals surface area (Å²) in [5, 5.41) is 10.5. The van der Waals surface area contributed by atoms with Gasteiger partial charge < -0.3 is 4.74 Å². The van der Waals surface area contributed by atoms with E-state index in [4.69, 9.17) is 4.74 Å². The van der Waals surface area contributed by atoms with Gasteiger partial charge in [0, 0.05) is 18.6 Å². The molecular formula is C16H23NO4. The Morgan fingerprint density at radius 1 is 1.05 bits per heavy atom. The van der Waals surface area contributed by atoms with Gasteiger partial charge in [-0.25, -0.2) is 0 Å². The number of rotatable bonds is 10. The summed E-state index contributed by atoms with van der Waals surface area (Å²) in [4.78, 5) is 21.6. The SMILES string of the molecule is CCCCCCCCCC(=O)Oc1ccc([N+](=O)[O-])cc1. The standard InChI is InChI=1S/C16H23NO4/c1-2-3-4-5-6-7-8-9-16(18)21-15-12-10-14(11-13-15)17(19)20/h10-13H,2-9H2,1H3. The number of ether oxygens (including phenoxy) is 1. The van der Waals surface area contributed by atoms with Crippen LogP contribution in [0.5, 0.6) is 5.75 Å². The van der Waals surface area contributed by atoms with E-state index in [-0.39, 0.29) is 11.7 Å². The lowest BCUT2D eigenvalue weighted by Gasteiger charge is -2.04. The normalized spacial score (nSPS) is 10.3. The van der Waals surface area contributed by atoms with Gasteiger partial charge in [-0.1, -0.05) is 45.4 Å². The monoisotopic (exact) mass is 293 g/mol. The van der Waals surface area contributed by atoms with Crippen molar-refractivity contribution in [2.75, 3.05) is 0 Å². The van der Waals surface area contributed by atoms with E-state index in [0.717, 1.165) is 19.3 Å².